The second-order valence-corrected chi connectivity index (χ2v) is 3.27. The van der Waals surface area contributed by atoms with Gasteiger partial charge in [-0.05, 0) is 19.8 Å². The summed E-state index contributed by atoms with van der Waals surface area (Å²) in [5.74, 6) is 3.37. The summed E-state index contributed by atoms with van der Waals surface area (Å²) in [7, 11) is 0. The summed E-state index contributed by atoms with van der Waals surface area (Å²) < 4.78 is 0. The monoisotopic (exact) mass is 150 g/mol. The smallest absolute Gasteiger partial charge is 0.134 e. The van der Waals surface area contributed by atoms with E-state index >= 15 is 0 Å². The molecular formula is C10H14O. The van der Waals surface area contributed by atoms with Crippen LogP contribution in [-0.4, -0.2) is 5.78 Å². The van der Waals surface area contributed by atoms with Gasteiger partial charge >= 0.3 is 0 Å². The Bertz CT molecular complexity index is 188. The Labute approximate surface area is 68.2 Å². The van der Waals surface area contributed by atoms with Gasteiger partial charge in [0.1, 0.15) is 5.78 Å². The summed E-state index contributed by atoms with van der Waals surface area (Å²) >= 11 is 0. The molecule has 60 valence electrons. The van der Waals surface area contributed by atoms with Gasteiger partial charge in [-0.3, -0.25) is 4.79 Å². The van der Waals surface area contributed by atoms with Crippen LogP contribution in [0.3, 0.4) is 0 Å². The third kappa shape index (κ3) is 1.83. The number of hydrogen-bond donors (Lipinski definition) is 0. The predicted octanol–water partition coefficient (Wildman–Crippen LogP) is 2.01. The van der Waals surface area contributed by atoms with E-state index in [-0.39, 0.29) is 17.6 Å². The van der Waals surface area contributed by atoms with Gasteiger partial charge in [0.2, 0.25) is 0 Å². The fraction of sp³-hybridized carbons (Fsp3) is 0.700. The van der Waals surface area contributed by atoms with Gasteiger partial charge in [0, 0.05) is 11.8 Å². The van der Waals surface area contributed by atoms with Gasteiger partial charge < -0.3 is 0 Å². The zero-order chi connectivity index (χ0) is 8.27. The van der Waals surface area contributed by atoms with E-state index in [2.05, 4.69) is 5.92 Å². The highest BCUT2D eigenvalue weighted by molar-refractivity contribution is 5.79. The lowest BCUT2D eigenvalue weighted by atomic mass is 9.78. The molecule has 0 aromatic carbocycles. The van der Waals surface area contributed by atoms with E-state index in [0.29, 0.717) is 0 Å². The molecule has 0 saturated heterocycles. The highest BCUT2D eigenvalue weighted by Gasteiger charge is 2.26. The number of carbonyl (C=O) groups is 1. The Kier molecular flexibility index (Phi) is 2.70. The maximum absolute atomic E-state index is 11.1. The Morgan fingerprint density at radius 2 is 2.09 bits per heavy atom. The Hall–Kier alpha value is -0.770. The topological polar surface area (TPSA) is 17.1 Å². The molecular weight excluding hydrogens is 136 g/mol. The lowest BCUT2D eigenvalue weighted by molar-refractivity contribution is -0.122. The van der Waals surface area contributed by atoms with E-state index in [1.807, 2.05) is 0 Å². The van der Waals surface area contributed by atoms with Crippen molar-refractivity contribution >= 4 is 5.78 Å². The molecule has 1 unspecified atom stereocenters. The lowest BCUT2D eigenvalue weighted by Gasteiger charge is -2.25. The van der Waals surface area contributed by atoms with Crippen molar-refractivity contribution in [3.63, 3.8) is 0 Å². The number of Topliss-reactive ketones (excluding diaryl/α,β-unsaturated/α-hetero) is 1. The summed E-state index contributed by atoms with van der Waals surface area (Å²) in [5.41, 5.74) is 0. The summed E-state index contributed by atoms with van der Waals surface area (Å²) in [5, 5.41) is 0. The molecule has 0 spiro atoms. The molecule has 1 fully saturated rings. The van der Waals surface area contributed by atoms with Crippen LogP contribution in [0.5, 0.6) is 0 Å². The van der Waals surface area contributed by atoms with Crippen LogP contribution in [0.1, 0.15) is 32.6 Å². The number of carbonyl (C=O) groups excluding carboxylic acids is 1. The summed E-state index contributed by atoms with van der Waals surface area (Å²) in [6.45, 7) is 1.65. The molecule has 1 aliphatic carbocycles. The number of hydrogen-bond acceptors (Lipinski definition) is 1. The van der Waals surface area contributed by atoms with E-state index in [4.69, 9.17) is 6.42 Å². The molecule has 1 heteroatoms. The minimum absolute atomic E-state index is 0.161. The fourth-order valence-electron chi connectivity index (χ4n) is 1.82. The number of terminal acetylenes is 1. The molecule has 0 aliphatic heterocycles. The molecule has 0 heterocycles. The van der Waals surface area contributed by atoms with Gasteiger partial charge in [-0.15, -0.1) is 12.3 Å². The standard InChI is InChI=1S/C10H14O/c1-3-9-6-4-5-7-10(9)8(2)11/h1,9-10H,4-7H2,2H3/t9-,10?/m0/s1. The first-order valence-corrected chi connectivity index (χ1v) is 4.22. The zero-order valence-electron chi connectivity index (χ0n) is 6.97. The zero-order valence-corrected chi connectivity index (χ0v) is 6.97. The first-order valence-electron chi connectivity index (χ1n) is 4.22. The van der Waals surface area contributed by atoms with E-state index in [9.17, 15) is 4.79 Å². The van der Waals surface area contributed by atoms with Crippen molar-refractivity contribution in [1.82, 2.24) is 0 Å². The quantitative estimate of drug-likeness (QED) is 0.522. The van der Waals surface area contributed by atoms with Crippen molar-refractivity contribution < 1.29 is 4.79 Å². The first-order chi connectivity index (χ1) is 5.25. The molecule has 0 N–H and O–H groups in total. The van der Waals surface area contributed by atoms with E-state index in [1.54, 1.807) is 6.92 Å². The van der Waals surface area contributed by atoms with Crippen LogP contribution in [-0.2, 0) is 4.79 Å². The van der Waals surface area contributed by atoms with Gasteiger partial charge in [-0.1, -0.05) is 12.8 Å². The molecule has 1 nitrogen and oxygen atoms in total. The van der Waals surface area contributed by atoms with Gasteiger partial charge in [0.05, 0.1) is 0 Å². The minimum Gasteiger partial charge on any atom is -0.300 e. The van der Waals surface area contributed by atoms with Crippen molar-refractivity contribution in [3.8, 4) is 12.3 Å². The summed E-state index contributed by atoms with van der Waals surface area (Å²) in [6, 6.07) is 0. The predicted molar refractivity (Wildman–Crippen MR) is 45.0 cm³/mol. The fourth-order valence-corrected chi connectivity index (χ4v) is 1.82. The van der Waals surface area contributed by atoms with Crippen LogP contribution in [0.25, 0.3) is 0 Å². The van der Waals surface area contributed by atoms with Gasteiger partial charge in [-0.2, -0.15) is 0 Å². The second-order valence-electron chi connectivity index (χ2n) is 3.27. The number of rotatable bonds is 1. The second kappa shape index (κ2) is 3.57. The maximum Gasteiger partial charge on any atom is 0.134 e. The Morgan fingerprint density at radius 3 is 2.55 bits per heavy atom. The third-order valence-electron chi connectivity index (χ3n) is 2.50. The maximum atomic E-state index is 11.1. The highest BCUT2D eigenvalue weighted by atomic mass is 16.1. The number of ketones is 1. The van der Waals surface area contributed by atoms with Crippen LogP contribution in [0.2, 0.25) is 0 Å². The van der Waals surface area contributed by atoms with Crippen LogP contribution in [0.4, 0.5) is 0 Å². The van der Waals surface area contributed by atoms with Gasteiger partial charge in [-0.25, -0.2) is 0 Å². The molecule has 2 atom stereocenters. The SMILES string of the molecule is C#C[C@H]1CCCCC1C(C)=O. The molecule has 0 aromatic heterocycles. The van der Waals surface area contributed by atoms with E-state index < -0.39 is 0 Å². The molecule has 0 bridgehead atoms. The average Bonchev–Trinajstić information content (AvgIpc) is 2.04. The van der Waals surface area contributed by atoms with Gasteiger partial charge in [0.25, 0.3) is 0 Å². The van der Waals surface area contributed by atoms with Crippen LogP contribution >= 0.6 is 0 Å². The molecule has 1 aliphatic rings. The van der Waals surface area contributed by atoms with E-state index in [1.165, 1.54) is 12.8 Å². The van der Waals surface area contributed by atoms with E-state index in [0.717, 1.165) is 12.8 Å². The molecule has 11 heavy (non-hydrogen) atoms. The minimum atomic E-state index is 0.161. The molecule has 0 aromatic rings. The Morgan fingerprint density at radius 1 is 1.45 bits per heavy atom. The van der Waals surface area contributed by atoms with Crippen LogP contribution in [0.15, 0.2) is 0 Å². The summed E-state index contributed by atoms with van der Waals surface area (Å²) in [4.78, 5) is 11.1. The first kappa shape index (κ1) is 8.33. The van der Waals surface area contributed by atoms with Crippen molar-refractivity contribution in [2.24, 2.45) is 11.8 Å². The third-order valence-corrected chi connectivity index (χ3v) is 2.50. The largest absolute Gasteiger partial charge is 0.300 e. The molecule has 0 radical (unpaired) electrons. The van der Waals surface area contributed by atoms with Crippen LogP contribution < -0.4 is 0 Å². The van der Waals surface area contributed by atoms with Crippen LogP contribution in [0, 0.1) is 24.2 Å². The lowest BCUT2D eigenvalue weighted by Crippen LogP contribution is -2.24. The molecule has 1 rings (SSSR count). The summed E-state index contributed by atoms with van der Waals surface area (Å²) in [6.07, 6.45) is 9.74. The molecule has 0 amide bonds. The highest BCUT2D eigenvalue weighted by Crippen LogP contribution is 2.29. The van der Waals surface area contributed by atoms with Crippen molar-refractivity contribution in [2.75, 3.05) is 0 Å². The van der Waals surface area contributed by atoms with Gasteiger partial charge in [0.15, 0.2) is 0 Å². The molecule has 1 saturated carbocycles. The Balaban J connectivity index is 2.60. The normalized spacial score (nSPS) is 30.9. The average molecular weight is 150 g/mol. The van der Waals surface area contributed by atoms with Crippen molar-refractivity contribution in [1.29, 1.82) is 0 Å². The van der Waals surface area contributed by atoms with Crippen molar-refractivity contribution in [3.05, 3.63) is 0 Å². The van der Waals surface area contributed by atoms with Crippen molar-refractivity contribution in [2.45, 2.75) is 32.6 Å².